The second kappa shape index (κ2) is 6.01. The molecule has 0 atom stereocenters. The van der Waals surface area contributed by atoms with Gasteiger partial charge in [0.2, 0.25) is 5.90 Å². The fourth-order valence-electron chi connectivity index (χ4n) is 2.10. The molecule has 0 bridgehead atoms. The summed E-state index contributed by atoms with van der Waals surface area (Å²) in [7, 11) is 0. The SMILES string of the molecule is CC1(C)COC(c2cc(I)ccc2Sc2ccccc2)=N1. The highest BCUT2D eigenvalue weighted by Crippen LogP contribution is 2.33. The molecule has 2 aromatic rings. The zero-order valence-corrected chi connectivity index (χ0v) is 14.9. The molecule has 2 aromatic carbocycles. The van der Waals surface area contributed by atoms with Crippen molar-refractivity contribution in [3.63, 3.8) is 0 Å². The van der Waals surface area contributed by atoms with Crippen molar-refractivity contribution < 1.29 is 4.74 Å². The molecule has 0 N–H and O–H groups in total. The molecule has 1 heterocycles. The van der Waals surface area contributed by atoms with Gasteiger partial charge in [0.05, 0.1) is 11.1 Å². The van der Waals surface area contributed by atoms with Gasteiger partial charge in [-0.15, -0.1) is 0 Å². The third-order valence-corrected chi connectivity index (χ3v) is 4.86. The monoisotopic (exact) mass is 409 g/mol. The third-order valence-electron chi connectivity index (χ3n) is 3.11. The van der Waals surface area contributed by atoms with E-state index in [-0.39, 0.29) is 5.54 Å². The van der Waals surface area contributed by atoms with Gasteiger partial charge in [0, 0.05) is 13.4 Å². The lowest BCUT2D eigenvalue weighted by Crippen LogP contribution is -2.17. The highest BCUT2D eigenvalue weighted by molar-refractivity contribution is 14.1. The van der Waals surface area contributed by atoms with Crippen LogP contribution in [-0.2, 0) is 4.74 Å². The van der Waals surface area contributed by atoms with Gasteiger partial charge in [0.25, 0.3) is 0 Å². The minimum Gasteiger partial charge on any atom is -0.475 e. The van der Waals surface area contributed by atoms with Crippen LogP contribution in [0.4, 0.5) is 0 Å². The van der Waals surface area contributed by atoms with Crippen LogP contribution in [0.1, 0.15) is 19.4 Å². The van der Waals surface area contributed by atoms with Crippen molar-refractivity contribution in [2.24, 2.45) is 4.99 Å². The van der Waals surface area contributed by atoms with E-state index < -0.39 is 0 Å². The molecule has 108 valence electrons. The Kier molecular flexibility index (Phi) is 4.26. The first-order chi connectivity index (χ1) is 10.0. The van der Waals surface area contributed by atoms with E-state index in [4.69, 9.17) is 9.73 Å². The average molecular weight is 409 g/mol. The van der Waals surface area contributed by atoms with Crippen molar-refractivity contribution >= 4 is 40.3 Å². The van der Waals surface area contributed by atoms with Crippen LogP contribution in [0, 0.1) is 3.57 Å². The van der Waals surface area contributed by atoms with Gasteiger partial charge < -0.3 is 4.74 Å². The minimum atomic E-state index is -0.134. The maximum Gasteiger partial charge on any atom is 0.218 e. The second-order valence-electron chi connectivity index (χ2n) is 5.57. The van der Waals surface area contributed by atoms with E-state index in [1.165, 1.54) is 13.4 Å². The van der Waals surface area contributed by atoms with Crippen LogP contribution in [0.5, 0.6) is 0 Å². The van der Waals surface area contributed by atoms with Gasteiger partial charge in [-0.05, 0) is 66.8 Å². The first kappa shape index (κ1) is 14.9. The summed E-state index contributed by atoms with van der Waals surface area (Å²) in [5, 5.41) is 0. The number of ether oxygens (including phenoxy) is 1. The number of aliphatic imine (C=N–C) groups is 1. The van der Waals surface area contributed by atoms with Crippen LogP contribution in [0.2, 0.25) is 0 Å². The molecule has 0 amide bonds. The molecule has 4 heteroatoms. The van der Waals surface area contributed by atoms with E-state index in [0.29, 0.717) is 6.61 Å². The molecule has 0 fully saturated rings. The van der Waals surface area contributed by atoms with Crippen LogP contribution in [0.3, 0.4) is 0 Å². The fraction of sp³-hybridized carbons (Fsp3) is 0.235. The molecule has 0 aliphatic carbocycles. The summed E-state index contributed by atoms with van der Waals surface area (Å²) < 4.78 is 7.01. The largest absolute Gasteiger partial charge is 0.475 e. The second-order valence-corrected chi connectivity index (χ2v) is 7.93. The molecule has 1 aliphatic rings. The Labute approximate surface area is 143 Å². The predicted molar refractivity (Wildman–Crippen MR) is 96.3 cm³/mol. The van der Waals surface area contributed by atoms with E-state index in [0.717, 1.165) is 11.5 Å². The maximum absolute atomic E-state index is 5.82. The Morgan fingerprint density at radius 2 is 1.90 bits per heavy atom. The molecule has 0 spiro atoms. The first-order valence-electron chi connectivity index (χ1n) is 6.79. The summed E-state index contributed by atoms with van der Waals surface area (Å²) in [4.78, 5) is 7.11. The molecule has 3 rings (SSSR count). The molecule has 21 heavy (non-hydrogen) atoms. The lowest BCUT2D eigenvalue weighted by atomic mass is 10.1. The van der Waals surface area contributed by atoms with Crippen molar-refractivity contribution in [1.29, 1.82) is 0 Å². The van der Waals surface area contributed by atoms with E-state index in [9.17, 15) is 0 Å². The van der Waals surface area contributed by atoms with Crippen molar-refractivity contribution in [1.82, 2.24) is 0 Å². The van der Waals surface area contributed by atoms with E-state index >= 15 is 0 Å². The number of hydrogen-bond donors (Lipinski definition) is 0. The minimum absolute atomic E-state index is 0.134. The summed E-state index contributed by atoms with van der Waals surface area (Å²) in [5.74, 6) is 0.761. The molecular weight excluding hydrogens is 393 g/mol. The first-order valence-corrected chi connectivity index (χ1v) is 8.68. The van der Waals surface area contributed by atoms with Crippen LogP contribution in [-0.4, -0.2) is 18.0 Å². The molecule has 1 aliphatic heterocycles. The van der Waals surface area contributed by atoms with Gasteiger partial charge in [-0.2, -0.15) is 0 Å². The average Bonchev–Trinajstić information content (AvgIpc) is 2.82. The summed E-state index contributed by atoms with van der Waals surface area (Å²) in [5.41, 5.74) is 0.951. The number of rotatable bonds is 3. The summed E-state index contributed by atoms with van der Waals surface area (Å²) >= 11 is 4.07. The van der Waals surface area contributed by atoms with E-state index in [2.05, 4.69) is 78.9 Å². The van der Waals surface area contributed by atoms with Crippen molar-refractivity contribution in [3.05, 3.63) is 57.7 Å². The standard InChI is InChI=1S/C17H16INOS/c1-17(2)11-20-16(19-17)14-10-12(18)8-9-15(14)21-13-6-4-3-5-7-13/h3-10H,11H2,1-2H3. The van der Waals surface area contributed by atoms with Crippen LogP contribution >= 0.6 is 34.4 Å². The number of nitrogens with zero attached hydrogens (tertiary/aromatic N) is 1. The Balaban J connectivity index is 1.98. The van der Waals surface area contributed by atoms with Crippen molar-refractivity contribution in [2.45, 2.75) is 29.2 Å². The summed E-state index contributed by atoms with van der Waals surface area (Å²) in [6, 6.07) is 16.8. The zero-order valence-electron chi connectivity index (χ0n) is 12.0. The molecule has 0 aromatic heterocycles. The molecule has 0 unspecified atom stereocenters. The molecule has 0 radical (unpaired) electrons. The molecule has 0 saturated carbocycles. The zero-order chi connectivity index (χ0) is 14.9. The maximum atomic E-state index is 5.82. The summed E-state index contributed by atoms with van der Waals surface area (Å²) in [6.07, 6.45) is 0. The highest BCUT2D eigenvalue weighted by Gasteiger charge is 2.28. The summed E-state index contributed by atoms with van der Waals surface area (Å²) in [6.45, 7) is 4.83. The number of benzene rings is 2. The Morgan fingerprint density at radius 1 is 1.14 bits per heavy atom. The Morgan fingerprint density at radius 3 is 2.57 bits per heavy atom. The Hall–Kier alpha value is -1.01. The normalized spacial score (nSPS) is 16.4. The van der Waals surface area contributed by atoms with Crippen LogP contribution in [0.15, 0.2) is 63.3 Å². The van der Waals surface area contributed by atoms with Crippen molar-refractivity contribution in [2.75, 3.05) is 6.61 Å². The highest BCUT2D eigenvalue weighted by atomic mass is 127. The van der Waals surface area contributed by atoms with Gasteiger partial charge in [0.15, 0.2) is 0 Å². The van der Waals surface area contributed by atoms with E-state index in [1.54, 1.807) is 11.8 Å². The van der Waals surface area contributed by atoms with E-state index in [1.807, 2.05) is 6.07 Å². The topological polar surface area (TPSA) is 21.6 Å². The van der Waals surface area contributed by atoms with Gasteiger partial charge in [-0.1, -0.05) is 30.0 Å². The van der Waals surface area contributed by atoms with Gasteiger partial charge in [-0.3, -0.25) is 0 Å². The lowest BCUT2D eigenvalue weighted by Gasteiger charge is -2.09. The third kappa shape index (κ3) is 3.61. The fourth-order valence-corrected chi connectivity index (χ4v) is 3.53. The molecule has 0 saturated heterocycles. The number of hydrogen-bond acceptors (Lipinski definition) is 3. The van der Waals surface area contributed by atoms with Crippen LogP contribution < -0.4 is 0 Å². The molecular formula is C17H16INOS. The van der Waals surface area contributed by atoms with Crippen LogP contribution in [0.25, 0.3) is 0 Å². The smallest absolute Gasteiger partial charge is 0.218 e. The molecule has 2 nitrogen and oxygen atoms in total. The van der Waals surface area contributed by atoms with Gasteiger partial charge >= 0.3 is 0 Å². The number of halogens is 1. The van der Waals surface area contributed by atoms with Gasteiger partial charge in [0.1, 0.15) is 6.61 Å². The van der Waals surface area contributed by atoms with Gasteiger partial charge in [-0.25, -0.2) is 4.99 Å². The quantitative estimate of drug-likeness (QED) is 0.666. The Bertz CT molecular complexity index is 682. The lowest BCUT2D eigenvalue weighted by molar-refractivity contribution is 0.279. The predicted octanol–water partition coefficient (Wildman–Crippen LogP) is 5.00. The van der Waals surface area contributed by atoms with Crippen molar-refractivity contribution in [3.8, 4) is 0 Å².